The van der Waals surface area contributed by atoms with E-state index >= 15 is 0 Å². The zero-order chi connectivity index (χ0) is 17.9. The fourth-order valence-corrected chi connectivity index (χ4v) is 4.75. The Morgan fingerprint density at radius 3 is 2.88 bits per heavy atom. The van der Waals surface area contributed by atoms with Gasteiger partial charge in [0.2, 0.25) is 0 Å². The average Bonchev–Trinajstić information content (AvgIpc) is 2.96. The topological polar surface area (TPSA) is 99.0 Å². The second-order valence-corrected chi connectivity index (χ2v) is 8.15. The number of hydrogen-bond acceptors (Lipinski definition) is 7. The molecule has 7 nitrogen and oxygen atoms in total. The molecular formula is C17H19N5O2S. The first kappa shape index (κ1) is 17.2. The quantitative estimate of drug-likeness (QED) is 0.875. The van der Waals surface area contributed by atoms with Gasteiger partial charge >= 0.3 is 0 Å². The molecular weight excluding hydrogens is 338 g/mol. The van der Waals surface area contributed by atoms with Crippen molar-refractivity contribution in [3.05, 3.63) is 42.2 Å². The molecule has 1 aromatic carbocycles. The average molecular weight is 357 g/mol. The molecule has 1 atom stereocenters. The molecule has 2 heterocycles. The van der Waals surface area contributed by atoms with Crippen LogP contribution in [-0.4, -0.2) is 42.5 Å². The van der Waals surface area contributed by atoms with Gasteiger partial charge in [0.15, 0.2) is 9.84 Å². The Balaban J connectivity index is 1.81. The Hall–Kier alpha value is -2.66. The number of nitrogens with one attached hydrogen (secondary N) is 1. The van der Waals surface area contributed by atoms with Gasteiger partial charge in [-0.2, -0.15) is 5.26 Å². The first-order valence-corrected chi connectivity index (χ1v) is 9.89. The lowest BCUT2D eigenvalue weighted by Gasteiger charge is -2.28. The van der Waals surface area contributed by atoms with Gasteiger partial charge < -0.3 is 10.2 Å². The van der Waals surface area contributed by atoms with Crippen LogP contribution in [0.4, 0.5) is 17.3 Å². The number of anilines is 3. The maximum absolute atomic E-state index is 11.8. The Morgan fingerprint density at radius 2 is 2.20 bits per heavy atom. The molecule has 1 aliphatic rings. The van der Waals surface area contributed by atoms with Crippen LogP contribution < -0.4 is 10.2 Å². The molecule has 2 aromatic rings. The van der Waals surface area contributed by atoms with Crippen molar-refractivity contribution in [2.24, 2.45) is 0 Å². The van der Waals surface area contributed by atoms with Gasteiger partial charge in [-0.25, -0.2) is 18.4 Å². The molecule has 0 bridgehead atoms. The minimum absolute atomic E-state index is 0.0559. The third-order valence-electron chi connectivity index (χ3n) is 4.20. The summed E-state index contributed by atoms with van der Waals surface area (Å²) >= 11 is 0. The third kappa shape index (κ3) is 4.06. The Morgan fingerprint density at radius 1 is 1.36 bits per heavy atom. The molecule has 0 spiro atoms. The van der Waals surface area contributed by atoms with Gasteiger partial charge in [-0.15, -0.1) is 0 Å². The highest BCUT2D eigenvalue weighted by atomic mass is 32.2. The molecule has 1 aromatic heterocycles. The molecule has 3 rings (SSSR count). The molecule has 1 fully saturated rings. The highest BCUT2D eigenvalue weighted by Gasteiger charge is 2.32. The van der Waals surface area contributed by atoms with Gasteiger partial charge in [0, 0.05) is 24.3 Å². The minimum atomic E-state index is -2.96. The van der Waals surface area contributed by atoms with E-state index in [1.807, 2.05) is 17.9 Å². The fraction of sp³-hybridized carbons (Fsp3) is 0.353. The zero-order valence-electron chi connectivity index (χ0n) is 13.9. The van der Waals surface area contributed by atoms with E-state index in [9.17, 15) is 8.42 Å². The van der Waals surface area contributed by atoms with E-state index in [2.05, 4.69) is 21.4 Å². The van der Waals surface area contributed by atoms with Crippen LogP contribution in [0.1, 0.15) is 18.9 Å². The highest BCUT2D eigenvalue weighted by molar-refractivity contribution is 7.91. The molecule has 0 saturated carbocycles. The molecule has 25 heavy (non-hydrogen) atoms. The molecule has 0 amide bonds. The van der Waals surface area contributed by atoms with Crippen LogP contribution in [0.25, 0.3) is 0 Å². The molecule has 1 saturated heterocycles. The monoisotopic (exact) mass is 357 g/mol. The summed E-state index contributed by atoms with van der Waals surface area (Å²) in [5, 5.41) is 12.1. The van der Waals surface area contributed by atoms with Crippen molar-refractivity contribution < 1.29 is 8.42 Å². The highest BCUT2D eigenvalue weighted by Crippen LogP contribution is 2.25. The third-order valence-corrected chi connectivity index (χ3v) is 5.95. The Labute approximate surface area is 147 Å². The van der Waals surface area contributed by atoms with E-state index in [-0.39, 0.29) is 17.5 Å². The van der Waals surface area contributed by atoms with E-state index < -0.39 is 9.84 Å². The number of nitriles is 1. The molecule has 8 heteroatoms. The van der Waals surface area contributed by atoms with E-state index in [0.29, 0.717) is 30.2 Å². The summed E-state index contributed by atoms with van der Waals surface area (Å²) in [6.45, 7) is 2.65. The fourth-order valence-electron chi connectivity index (χ4n) is 3.02. The Bertz CT molecular complexity index is 907. The van der Waals surface area contributed by atoms with Crippen molar-refractivity contribution in [2.45, 2.75) is 19.4 Å². The number of sulfone groups is 1. The van der Waals surface area contributed by atoms with Crippen LogP contribution in [0.2, 0.25) is 0 Å². The first-order valence-electron chi connectivity index (χ1n) is 8.07. The first-order chi connectivity index (χ1) is 12.0. The van der Waals surface area contributed by atoms with E-state index in [0.717, 1.165) is 5.69 Å². The SMILES string of the molecule is CCN(c1cc(Nc2cccc(C#N)c2)ncn1)C1CCS(=O)(=O)C1. The summed E-state index contributed by atoms with van der Waals surface area (Å²) in [5.74, 6) is 1.68. The van der Waals surface area contributed by atoms with Crippen molar-refractivity contribution in [2.75, 3.05) is 28.3 Å². The van der Waals surface area contributed by atoms with Crippen molar-refractivity contribution in [3.63, 3.8) is 0 Å². The summed E-state index contributed by atoms with van der Waals surface area (Å²) in [4.78, 5) is 10.5. The second-order valence-electron chi connectivity index (χ2n) is 5.92. The van der Waals surface area contributed by atoms with Crippen LogP contribution in [0, 0.1) is 11.3 Å². The van der Waals surface area contributed by atoms with Crippen LogP contribution >= 0.6 is 0 Å². The molecule has 1 aliphatic heterocycles. The van der Waals surface area contributed by atoms with Gasteiger partial charge in [-0.05, 0) is 31.5 Å². The predicted molar refractivity (Wildman–Crippen MR) is 96.6 cm³/mol. The lowest BCUT2D eigenvalue weighted by Crippen LogP contribution is -2.36. The maximum atomic E-state index is 11.8. The molecule has 0 aliphatic carbocycles. The summed E-state index contributed by atoms with van der Waals surface area (Å²) in [7, 11) is -2.96. The molecule has 1 N–H and O–H groups in total. The number of aromatic nitrogens is 2. The lowest BCUT2D eigenvalue weighted by atomic mass is 10.2. The van der Waals surface area contributed by atoms with Crippen molar-refractivity contribution >= 4 is 27.2 Å². The van der Waals surface area contributed by atoms with Gasteiger partial charge in [0.1, 0.15) is 18.0 Å². The van der Waals surface area contributed by atoms with Crippen molar-refractivity contribution in [1.82, 2.24) is 9.97 Å². The molecule has 130 valence electrons. The number of nitrogens with zero attached hydrogens (tertiary/aromatic N) is 4. The summed E-state index contributed by atoms with van der Waals surface area (Å²) in [6.07, 6.45) is 2.07. The molecule has 0 radical (unpaired) electrons. The van der Waals surface area contributed by atoms with Crippen molar-refractivity contribution in [3.8, 4) is 6.07 Å². The van der Waals surface area contributed by atoms with E-state index in [4.69, 9.17) is 5.26 Å². The van der Waals surface area contributed by atoms with Crippen LogP contribution in [0.15, 0.2) is 36.7 Å². The minimum Gasteiger partial charge on any atom is -0.353 e. The zero-order valence-corrected chi connectivity index (χ0v) is 14.7. The number of benzene rings is 1. The van der Waals surface area contributed by atoms with E-state index in [1.165, 1.54) is 6.33 Å². The summed E-state index contributed by atoms with van der Waals surface area (Å²) in [5.41, 5.74) is 1.32. The van der Waals surface area contributed by atoms with E-state index in [1.54, 1.807) is 24.3 Å². The van der Waals surface area contributed by atoms with Gasteiger partial charge in [0.25, 0.3) is 0 Å². The van der Waals surface area contributed by atoms with Crippen molar-refractivity contribution in [1.29, 1.82) is 5.26 Å². The van der Waals surface area contributed by atoms with Crippen LogP contribution in [-0.2, 0) is 9.84 Å². The van der Waals surface area contributed by atoms with Gasteiger partial charge in [-0.3, -0.25) is 0 Å². The van der Waals surface area contributed by atoms with Gasteiger partial charge in [0.05, 0.1) is 23.1 Å². The van der Waals surface area contributed by atoms with Gasteiger partial charge in [-0.1, -0.05) is 6.07 Å². The summed E-state index contributed by atoms with van der Waals surface area (Å²) in [6, 6.07) is 11.0. The molecule has 1 unspecified atom stereocenters. The Kier molecular flexibility index (Phi) is 4.86. The number of hydrogen-bond donors (Lipinski definition) is 1. The predicted octanol–water partition coefficient (Wildman–Crippen LogP) is 2.11. The number of rotatable bonds is 5. The normalized spacial score (nSPS) is 18.5. The lowest BCUT2D eigenvalue weighted by molar-refractivity contribution is 0.599. The maximum Gasteiger partial charge on any atom is 0.152 e. The van der Waals surface area contributed by atoms with Crippen LogP contribution in [0.3, 0.4) is 0 Å². The summed E-state index contributed by atoms with van der Waals surface area (Å²) < 4.78 is 23.5. The van der Waals surface area contributed by atoms with Crippen LogP contribution in [0.5, 0.6) is 0 Å². The second kappa shape index (κ2) is 7.07. The standard InChI is InChI=1S/C17H19N5O2S/c1-2-22(15-6-7-25(23,24)11-15)17-9-16(19-12-20-17)21-14-5-3-4-13(8-14)10-18/h3-5,8-9,12,15H,2,6-7,11H2,1H3,(H,19,20,21). The largest absolute Gasteiger partial charge is 0.353 e. The smallest absolute Gasteiger partial charge is 0.152 e.